The van der Waals surface area contributed by atoms with Gasteiger partial charge in [-0.1, -0.05) is 29.4 Å². The van der Waals surface area contributed by atoms with E-state index in [2.05, 4.69) is 10.1 Å². The SMILES string of the molecule is CCOc1ccccc1-c1noc(CN(C)[C@H](C)c2ccc(S(N)(=O)=O)cc2)n1. The fraction of sp³-hybridized carbons (Fsp3) is 0.300. The molecule has 0 fully saturated rings. The Morgan fingerprint density at radius 2 is 1.86 bits per heavy atom. The van der Waals surface area contributed by atoms with Crippen LogP contribution in [0, 0.1) is 0 Å². The zero-order valence-corrected chi connectivity index (χ0v) is 17.4. The van der Waals surface area contributed by atoms with Crippen molar-refractivity contribution >= 4 is 10.0 Å². The van der Waals surface area contributed by atoms with Crippen molar-refractivity contribution in [1.82, 2.24) is 15.0 Å². The molecule has 8 nitrogen and oxygen atoms in total. The molecular weight excluding hydrogens is 392 g/mol. The van der Waals surface area contributed by atoms with Gasteiger partial charge in [0.2, 0.25) is 21.7 Å². The molecule has 0 bridgehead atoms. The summed E-state index contributed by atoms with van der Waals surface area (Å²) in [4.78, 5) is 6.60. The molecule has 0 aliphatic rings. The lowest BCUT2D eigenvalue weighted by atomic mass is 10.1. The quantitative estimate of drug-likeness (QED) is 0.601. The highest BCUT2D eigenvalue weighted by Gasteiger charge is 2.18. The number of sulfonamides is 1. The molecule has 3 rings (SSSR count). The molecule has 0 radical (unpaired) electrons. The molecule has 1 atom stereocenters. The highest BCUT2D eigenvalue weighted by Crippen LogP contribution is 2.28. The highest BCUT2D eigenvalue weighted by molar-refractivity contribution is 7.89. The van der Waals surface area contributed by atoms with E-state index >= 15 is 0 Å². The molecular formula is C20H24N4O4S. The third kappa shape index (κ3) is 5.00. The predicted molar refractivity (Wildman–Crippen MR) is 109 cm³/mol. The lowest BCUT2D eigenvalue weighted by Gasteiger charge is -2.23. The number of ether oxygens (including phenoxy) is 1. The molecule has 154 valence electrons. The average molecular weight is 417 g/mol. The lowest BCUT2D eigenvalue weighted by molar-refractivity contribution is 0.216. The molecule has 29 heavy (non-hydrogen) atoms. The molecule has 0 saturated heterocycles. The summed E-state index contributed by atoms with van der Waals surface area (Å²) in [7, 11) is -1.78. The van der Waals surface area contributed by atoms with Crippen LogP contribution in [0.4, 0.5) is 0 Å². The van der Waals surface area contributed by atoms with Crippen LogP contribution < -0.4 is 9.88 Å². The van der Waals surface area contributed by atoms with Gasteiger partial charge in [0.25, 0.3) is 0 Å². The van der Waals surface area contributed by atoms with Gasteiger partial charge in [0, 0.05) is 6.04 Å². The molecule has 0 amide bonds. The highest BCUT2D eigenvalue weighted by atomic mass is 32.2. The number of para-hydroxylation sites is 1. The number of rotatable bonds is 8. The fourth-order valence-electron chi connectivity index (χ4n) is 2.90. The lowest BCUT2D eigenvalue weighted by Crippen LogP contribution is -2.22. The summed E-state index contributed by atoms with van der Waals surface area (Å²) in [5.74, 6) is 1.66. The standard InChI is InChI=1S/C20H24N4O4S/c1-4-27-18-8-6-5-7-17(18)20-22-19(28-23-20)13-24(3)14(2)15-9-11-16(12-10-15)29(21,25)26/h5-12,14H,4,13H2,1-3H3,(H2,21,25,26)/t14-/m1/s1. The van der Waals surface area contributed by atoms with E-state index in [0.29, 0.717) is 30.6 Å². The van der Waals surface area contributed by atoms with Gasteiger partial charge in [-0.2, -0.15) is 4.98 Å². The summed E-state index contributed by atoms with van der Waals surface area (Å²) < 4.78 is 33.9. The average Bonchev–Trinajstić information content (AvgIpc) is 3.15. The van der Waals surface area contributed by atoms with Crippen LogP contribution in [0.1, 0.15) is 31.3 Å². The van der Waals surface area contributed by atoms with Crippen molar-refractivity contribution in [3.05, 3.63) is 60.0 Å². The van der Waals surface area contributed by atoms with Gasteiger partial charge < -0.3 is 9.26 Å². The number of aromatic nitrogens is 2. The maximum absolute atomic E-state index is 11.4. The molecule has 0 saturated carbocycles. The molecule has 0 unspecified atom stereocenters. The fourth-order valence-corrected chi connectivity index (χ4v) is 3.42. The zero-order chi connectivity index (χ0) is 21.0. The van der Waals surface area contributed by atoms with Crippen LogP contribution in [0.2, 0.25) is 0 Å². The second-order valence-corrected chi connectivity index (χ2v) is 8.21. The summed E-state index contributed by atoms with van der Waals surface area (Å²) >= 11 is 0. The third-order valence-corrected chi connectivity index (χ3v) is 5.56. The molecule has 2 aromatic carbocycles. The molecule has 0 spiro atoms. The summed E-state index contributed by atoms with van der Waals surface area (Å²) in [6, 6.07) is 14.1. The van der Waals surface area contributed by atoms with E-state index in [4.69, 9.17) is 14.4 Å². The summed E-state index contributed by atoms with van der Waals surface area (Å²) in [6.07, 6.45) is 0. The summed E-state index contributed by atoms with van der Waals surface area (Å²) in [6.45, 7) is 4.91. The van der Waals surface area contributed by atoms with E-state index in [1.807, 2.05) is 50.1 Å². The van der Waals surface area contributed by atoms with Crippen molar-refractivity contribution < 1.29 is 17.7 Å². The predicted octanol–water partition coefficient (Wildman–Crippen LogP) is 2.98. The van der Waals surface area contributed by atoms with Crippen molar-refractivity contribution in [3.63, 3.8) is 0 Å². The normalized spacial score (nSPS) is 12.9. The molecule has 9 heteroatoms. The number of primary sulfonamides is 1. The Hall–Kier alpha value is -2.75. The van der Waals surface area contributed by atoms with Crippen molar-refractivity contribution in [2.24, 2.45) is 5.14 Å². The van der Waals surface area contributed by atoms with Gasteiger partial charge in [-0.15, -0.1) is 0 Å². The first-order valence-electron chi connectivity index (χ1n) is 9.17. The van der Waals surface area contributed by atoms with Gasteiger partial charge in [-0.3, -0.25) is 4.90 Å². The molecule has 0 aliphatic heterocycles. The Morgan fingerprint density at radius 1 is 1.17 bits per heavy atom. The Kier molecular flexibility index (Phi) is 6.31. The second kappa shape index (κ2) is 8.73. The summed E-state index contributed by atoms with van der Waals surface area (Å²) in [5.41, 5.74) is 1.72. The van der Waals surface area contributed by atoms with Crippen LogP contribution in [0.3, 0.4) is 0 Å². The van der Waals surface area contributed by atoms with Crippen molar-refractivity contribution in [2.75, 3.05) is 13.7 Å². The maximum Gasteiger partial charge on any atom is 0.241 e. The summed E-state index contributed by atoms with van der Waals surface area (Å²) in [5, 5.41) is 9.23. The first kappa shape index (κ1) is 21.0. The molecule has 1 heterocycles. The number of nitrogens with two attached hydrogens (primary N) is 1. The number of nitrogens with zero attached hydrogens (tertiary/aromatic N) is 3. The smallest absolute Gasteiger partial charge is 0.241 e. The number of benzene rings is 2. The van der Waals surface area contributed by atoms with Crippen LogP contribution in [0.25, 0.3) is 11.4 Å². The Morgan fingerprint density at radius 3 is 2.52 bits per heavy atom. The van der Waals surface area contributed by atoms with Crippen LogP contribution >= 0.6 is 0 Å². The van der Waals surface area contributed by atoms with Crippen molar-refractivity contribution in [2.45, 2.75) is 31.3 Å². The van der Waals surface area contributed by atoms with Crippen LogP contribution in [0.15, 0.2) is 57.9 Å². The Bertz CT molecular complexity index is 1060. The van der Waals surface area contributed by atoms with Crippen molar-refractivity contribution in [1.29, 1.82) is 0 Å². The van der Waals surface area contributed by atoms with E-state index in [0.717, 1.165) is 11.1 Å². The molecule has 0 aliphatic carbocycles. The zero-order valence-electron chi connectivity index (χ0n) is 16.6. The molecule has 1 aromatic heterocycles. The van der Waals surface area contributed by atoms with Crippen molar-refractivity contribution in [3.8, 4) is 17.1 Å². The first-order valence-corrected chi connectivity index (χ1v) is 10.7. The van der Waals surface area contributed by atoms with E-state index in [1.54, 1.807) is 12.1 Å². The van der Waals surface area contributed by atoms with E-state index in [-0.39, 0.29) is 10.9 Å². The van der Waals surface area contributed by atoms with Gasteiger partial charge in [-0.05, 0) is 50.7 Å². The van der Waals surface area contributed by atoms with Crippen LogP contribution in [0.5, 0.6) is 5.75 Å². The monoisotopic (exact) mass is 416 g/mol. The van der Waals surface area contributed by atoms with Gasteiger partial charge in [-0.25, -0.2) is 13.6 Å². The van der Waals surface area contributed by atoms with Gasteiger partial charge >= 0.3 is 0 Å². The minimum absolute atomic E-state index is 0.00408. The minimum Gasteiger partial charge on any atom is -0.493 e. The van der Waals surface area contributed by atoms with E-state index in [9.17, 15) is 8.42 Å². The Labute approximate surface area is 170 Å². The Balaban J connectivity index is 1.72. The number of hydrogen-bond acceptors (Lipinski definition) is 7. The molecule has 3 aromatic rings. The van der Waals surface area contributed by atoms with Crippen LogP contribution in [-0.4, -0.2) is 37.1 Å². The van der Waals surface area contributed by atoms with Gasteiger partial charge in [0.15, 0.2) is 0 Å². The second-order valence-electron chi connectivity index (χ2n) is 6.65. The third-order valence-electron chi connectivity index (χ3n) is 4.63. The molecule has 2 N–H and O–H groups in total. The maximum atomic E-state index is 11.4. The topological polar surface area (TPSA) is 112 Å². The van der Waals surface area contributed by atoms with Gasteiger partial charge in [0.1, 0.15) is 5.75 Å². The van der Waals surface area contributed by atoms with Gasteiger partial charge in [0.05, 0.1) is 23.6 Å². The van der Waals surface area contributed by atoms with E-state index in [1.165, 1.54) is 12.1 Å². The largest absolute Gasteiger partial charge is 0.493 e. The minimum atomic E-state index is -3.70. The van der Waals surface area contributed by atoms with E-state index < -0.39 is 10.0 Å². The van der Waals surface area contributed by atoms with Crippen LogP contribution in [-0.2, 0) is 16.6 Å². The first-order chi connectivity index (χ1) is 13.8. The number of hydrogen-bond donors (Lipinski definition) is 1.